The molecule has 14 heavy (non-hydrogen) atoms. The van der Waals surface area contributed by atoms with E-state index in [0.29, 0.717) is 0 Å². The number of hydrogen-bond donors (Lipinski definition) is 0. The van der Waals surface area contributed by atoms with Crippen LogP contribution in [0.1, 0.15) is 6.42 Å². The highest BCUT2D eigenvalue weighted by Crippen LogP contribution is 2.38. The zero-order valence-electron chi connectivity index (χ0n) is 6.90. The van der Waals surface area contributed by atoms with Gasteiger partial charge in [0.1, 0.15) is 13.0 Å². The van der Waals surface area contributed by atoms with Crippen molar-refractivity contribution in [2.24, 2.45) is 0 Å². The van der Waals surface area contributed by atoms with Crippen molar-refractivity contribution in [3.05, 3.63) is 12.7 Å². The summed E-state index contributed by atoms with van der Waals surface area (Å²) in [5.74, 6) is -6.67. The molecule has 0 saturated carbocycles. The van der Waals surface area contributed by atoms with E-state index in [9.17, 15) is 26.7 Å². The molecule has 0 aromatic heterocycles. The van der Waals surface area contributed by atoms with E-state index in [2.05, 4.69) is 11.3 Å². The van der Waals surface area contributed by atoms with Gasteiger partial charge in [0, 0.05) is 0 Å². The molecule has 0 aliphatic rings. The number of carbonyl (C=O) groups is 1. The van der Waals surface area contributed by atoms with E-state index in [4.69, 9.17) is 0 Å². The zero-order chi connectivity index (χ0) is 11.4. The van der Waals surface area contributed by atoms with Crippen LogP contribution in [0.5, 0.6) is 0 Å². The van der Waals surface area contributed by atoms with Gasteiger partial charge >= 0.3 is 18.1 Å². The predicted molar refractivity (Wildman–Crippen MR) is 36.8 cm³/mol. The van der Waals surface area contributed by atoms with Crippen LogP contribution in [0, 0.1) is 0 Å². The molecule has 0 fully saturated rings. The second-order valence-corrected chi connectivity index (χ2v) is 2.35. The van der Waals surface area contributed by atoms with E-state index in [1.807, 2.05) is 0 Å². The van der Waals surface area contributed by atoms with Crippen molar-refractivity contribution in [1.29, 1.82) is 0 Å². The smallest absolute Gasteiger partial charge is 0.453 e. The number of alkyl halides is 5. The third-order valence-corrected chi connectivity index (χ3v) is 1.14. The second kappa shape index (κ2) is 4.39. The van der Waals surface area contributed by atoms with Gasteiger partial charge in [-0.1, -0.05) is 12.7 Å². The lowest BCUT2D eigenvalue weighted by molar-refractivity contribution is -0.283. The highest BCUT2D eigenvalue weighted by atomic mass is 19.4. The quantitative estimate of drug-likeness (QED) is 0.411. The molecule has 0 amide bonds. The van der Waals surface area contributed by atoms with Crippen LogP contribution in [0.4, 0.5) is 22.0 Å². The van der Waals surface area contributed by atoms with Gasteiger partial charge in [0.15, 0.2) is 0 Å². The zero-order valence-corrected chi connectivity index (χ0v) is 6.90. The molecule has 0 unspecified atom stereocenters. The van der Waals surface area contributed by atoms with Crippen LogP contribution in [0.2, 0.25) is 0 Å². The Bertz CT molecular complexity index is 221. The summed E-state index contributed by atoms with van der Waals surface area (Å²) in [6.07, 6.45) is -6.69. The predicted octanol–water partition coefficient (Wildman–Crippen LogP) is 2.30. The van der Waals surface area contributed by atoms with Gasteiger partial charge in [0.05, 0.1) is 0 Å². The fraction of sp³-hybridized carbons (Fsp3) is 0.571. The Morgan fingerprint density at radius 3 is 2.14 bits per heavy atom. The lowest BCUT2D eigenvalue weighted by atomic mass is 10.2. The second-order valence-electron chi connectivity index (χ2n) is 2.35. The Hall–Kier alpha value is -1.14. The fourth-order valence-electron chi connectivity index (χ4n) is 0.484. The Morgan fingerprint density at radius 2 is 1.79 bits per heavy atom. The highest BCUT2D eigenvalue weighted by molar-refractivity contribution is 5.70. The first kappa shape index (κ1) is 12.9. The summed E-state index contributed by atoms with van der Waals surface area (Å²) in [4.78, 5) is 10.4. The average molecular weight is 218 g/mol. The van der Waals surface area contributed by atoms with E-state index in [1.54, 1.807) is 0 Å². The molecule has 0 aromatic carbocycles. The van der Waals surface area contributed by atoms with Gasteiger partial charge in [-0.05, 0) is 0 Å². The summed E-state index contributed by atoms with van der Waals surface area (Å²) < 4.78 is 62.9. The molecule has 0 N–H and O–H groups in total. The Kier molecular flexibility index (Phi) is 4.03. The van der Waals surface area contributed by atoms with Gasteiger partial charge in [-0.15, -0.1) is 0 Å². The van der Waals surface area contributed by atoms with Crippen LogP contribution in [0.25, 0.3) is 0 Å². The topological polar surface area (TPSA) is 26.3 Å². The van der Waals surface area contributed by atoms with E-state index in [1.165, 1.54) is 0 Å². The molecule has 0 aliphatic carbocycles. The van der Waals surface area contributed by atoms with Gasteiger partial charge in [-0.25, -0.2) is 0 Å². The minimum absolute atomic E-state index is 0.396. The lowest BCUT2D eigenvalue weighted by Gasteiger charge is -2.18. The Balaban J connectivity index is 4.22. The third kappa shape index (κ3) is 3.71. The standard InChI is InChI=1S/C7H7F5O2/c1-2-3-14-5(13)4-6(8,9)7(10,11)12/h2H,1,3-4H2. The van der Waals surface area contributed by atoms with Crippen molar-refractivity contribution >= 4 is 5.97 Å². The Morgan fingerprint density at radius 1 is 1.29 bits per heavy atom. The van der Waals surface area contributed by atoms with Gasteiger partial charge in [0.25, 0.3) is 0 Å². The van der Waals surface area contributed by atoms with Crippen LogP contribution >= 0.6 is 0 Å². The number of esters is 1. The molecule has 2 nitrogen and oxygen atoms in total. The maximum Gasteiger partial charge on any atom is 0.453 e. The van der Waals surface area contributed by atoms with Gasteiger partial charge in [0.2, 0.25) is 0 Å². The molecule has 0 aliphatic heterocycles. The third-order valence-electron chi connectivity index (χ3n) is 1.14. The van der Waals surface area contributed by atoms with Crippen molar-refractivity contribution in [2.75, 3.05) is 6.61 Å². The maximum atomic E-state index is 12.2. The van der Waals surface area contributed by atoms with Crippen LogP contribution in [-0.4, -0.2) is 24.7 Å². The average Bonchev–Trinajstić information content (AvgIpc) is 1.97. The summed E-state index contributed by atoms with van der Waals surface area (Å²) in [7, 11) is 0. The number of halogens is 5. The summed E-state index contributed by atoms with van der Waals surface area (Å²) in [5.41, 5.74) is 0. The number of carbonyl (C=O) groups excluding carboxylic acids is 1. The summed E-state index contributed by atoms with van der Waals surface area (Å²) in [6, 6.07) is 0. The van der Waals surface area contributed by atoms with Crippen molar-refractivity contribution in [3.63, 3.8) is 0 Å². The van der Waals surface area contributed by atoms with Crippen LogP contribution in [-0.2, 0) is 9.53 Å². The maximum absolute atomic E-state index is 12.2. The minimum atomic E-state index is -5.74. The molecular formula is C7H7F5O2. The van der Waals surface area contributed by atoms with E-state index < -0.39 is 31.1 Å². The number of hydrogen-bond acceptors (Lipinski definition) is 2. The first-order valence-corrected chi connectivity index (χ1v) is 3.42. The van der Waals surface area contributed by atoms with Crippen molar-refractivity contribution in [1.82, 2.24) is 0 Å². The largest absolute Gasteiger partial charge is 0.461 e. The van der Waals surface area contributed by atoms with E-state index >= 15 is 0 Å². The minimum Gasteiger partial charge on any atom is -0.461 e. The molecule has 7 heteroatoms. The molecule has 0 rings (SSSR count). The summed E-state index contributed by atoms with van der Waals surface area (Å²) >= 11 is 0. The first-order chi connectivity index (χ1) is 6.20. The lowest BCUT2D eigenvalue weighted by Crippen LogP contribution is -2.38. The molecule has 0 heterocycles. The van der Waals surface area contributed by atoms with E-state index in [-0.39, 0.29) is 0 Å². The monoisotopic (exact) mass is 218 g/mol. The SMILES string of the molecule is C=CCOC(=O)CC(F)(F)C(F)(F)F. The molecule has 0 saturated heterocycles. The molecule has 0 spiro atoms. The summed E-state index contributed by atoms with van der Waals surface area (Å²) in [5, 5.41) is 0. The molecule has 0 aromatic rings. The summed E-state index contributed by atoms with van der Waals surface area (Å²) in [6.45, 7) is 2.69. The van der Waals surface area contributed by atoms with Crippen LogP contribution in [0.3, 0.4) is 0 Å². The van der Waals surface area contributed by atoms with Gasteiger partial charge in [-0.3, -0.25) is 4.79 Å². The number of rotatable bonds is 4. The van der Waals surface area contributed by atoms with Gasteiger partial charge < -0.3 is 4.74 Å². The number of ether oxygens (including phenoxy) is 1. The van der Waals surface area contributed by atoms with Crippen molar-refractivity contribution in [2.45, 2.75) is 18.5 Å². The van der Waals surface area contributed by atoms with Crippen molar-refractivity contribution < 1.29 is 31.5 Å². The molecule has 0 atom stereocenters. The first-order valence-electron chi connectivity index (χ1n) is 3.42. The fourth-order valence-corrected chi connectivity index (χ4v) is 0.484. The van der Waals surface area contributed by atoms with Crippen LogP contribution in [0.15, 0.2) is 12.7 Å². The van der Waals surface area contributed by atoms with Crippen molar-refractivity contribution in [3.8, 4) is 0 Å². The van der Waals surface area contributed by atoms with Gasteiger partial charge in [-0.2, -0.15) is 22.0 Å². The van der Waals surface area contributed by atoms with Crippen LogP contribution < -0.4 is 0 Å². The molecule has 82 valence electrons. The normalized spacial score (nSPS) is 12.4. The Labute approximate surface area is 76.3 Å². The molecular weight excluding hydrogens is 211 g/mol. The highest BCUT2D eigenvalue weighted by Gasteiger charge is 2.58. The molecule has 0 bridgehead atoms. The van der Waals surface area contributed by atoms with E-state index in [0.717, 1.165) is 6.08 Å². The molecule has 0 radical (unpaired) electrons.